The van der Waals surface area contributed by atoms with Gasteiger partial charge in [0, 0.05) is 56.9 Å². The molecule has 2 aromatic rings. The molecular formula is C23H36N6. The molecule has 4 rings (SSSR count). The Labute approximate surface area is 175 Å². The Balaban J connectivity index is 1.32. The van der Waals surface area contributed by atoms with E-state index in [0.717, 1.165) is 25.0 Å². The molecule has 0 unspecified atom stereocenters. The fraction of sp³-hybridized carbons (Fsp3) is 0.652. The average molecular weight is 397 g/mol. The number of rotatable bonds is 7. The zero-order valence-electron chi connectivity index (χ0n) is 18.1. The maximum absolute atomic E-state index is 4.36. The minimum absolute atomic E-state index is 0.788. The van der Waals surface area contributed by atoms with E-state index >= 15 is 0 Å². The number of aromatic nitrogens is 3. The van der Waals surface area contributed by atoms with Gasteiger partial charge in [0.25, 0.3) is 0 Å². The monoisotopic (exact) mass is 396 g/mol. The topological polar surface area (TPSA) is 40.4 Å². The summed E-state index contributed by atoms with van der Waals surface area (Å²) in [5.41, 5.74) is 2.64. The molecule has 0 atom stereocenters. The lowest BCUT2D eigenvalue weighted by Crippen LogP contribution is -2.47. The summed E-state index contributed by atoms with van der Waals surface area (Å²) in [6.07, 6.45) is 13.3. The van der Waals surface area contributed by atoms with Crippen molar-refractivity contribution in [1.29, 1.82) is 0 Å². The van der Waals surface area contributed by atoms with Crippen molar-refractivity contribution in [2.24, 2.45) is 13.0 Å². The molecule has 4 heterocycles. The van der Waals surface area contributed by atoms with Gasteiger partial charge in [-0.3, -0.25) is 14.6 Å². The molecule has 158 valence electrons. The van der Waals surface area contributed by atoms with E-state index in [-0.39, 0.29) is 0 Å². The van der Waals surface area contributed by atoms with Crippen LogP contribution in [-0.4, -0.2) is 75.3 Å². The Morgan fingerprint density at radius 2 is 1.62 bits per heavy atom. The van der Waals surface area contributed by atoms with E-state index in [1.54, 1.807) is 0 Å². The third-order valence-electron chi connectivity index (χ3n) is 6.69. The van der Waals surface area contributed by atoms with Gasteiger partial charge in [0.05, 0.1) is 6.20 Å². The summed E-state index contributed by atoms with van der Waals surface area (Å²) in [5, 5.41) is 4.36. The predicted molar refractivity (Wildman–Crippen MR) is 116 cm³/mol. The fourth-order valence-electron chi connectivity index (χ4n) is 4.97. The molecule has 0 amide bonds. The van der Waals surface area contributed by atoms with Gasteiger partial charge in [-0.1, -0.05) is 0 Å². The number of hydrogen-bond donors (Lipinski definition) is 0. The van der Waals surface area contributed by atoms with Crippen molar-refractivity contribution >= 4 is 0 Å². The predicted octanol–water partition coefficient (Wildman–Crippen LogP) is 2.62. The van der Waals surface area contributed by atoms with E-state index in [4.69, 9.17) is 0 Å². The maximum Gasteiger partial charge on any atom is 0.0534 e. The highest BCUT2D eigenvalue weighted by Gasteiger charge is 2.28. The quantitative estimate of drug-likeness (QED) is 0.720. The first kappa shape index (κ1) is 20.5. The molecule has 0 aromatic carbocycles. The summed E-state index contributed by atoms with van der Waals surface area (Å²) >= 11 is 0. The minimum Gasteiger partial charge on any atom is -0.306 e. The van der Waals surface area contributed by atoms with Crippen molar-refractivity contribution in [1.82, 2.24) is 29.5 Å². The minimum atomic E-state index is 0.788. The molecule has 0 saturated carbocycles. The van der Waals surface area contributed by atoms with Crippen LogP contribution in [0.2, 0.25) is 0 Å². The van der Waals surface area contributed by atoms with E-state index in [1.807, 2.05) is 30.3 Å². The van der Waals surface area contributed by atoms with Crippen molar-refractivity contribution < 1.29 is 0 Å². The van der Waals surface area contributed by atoms with Crippen LogP contribution < -0.4 is 0 Å². The van der Waals surface area contributed by atoms with E-state index < -0.39 is 0 Å². The first-order valence-corrected chi connectivity index (χ1v) is 11.2. The van der Waals surface area contributed by atoms with Gasteiger partial charge in [-0.15, -0.1) is 0 Å². The van der Waals surface area contributed by atoms with Crippen LogP contribution >= 0.6 is 0 Å². The fourth-order valence-corrected chi connectivity index (χ4v) is 4.97. The maximum atomic E-state index is 4.36. The number of likely N-dealkylation sites (tertiary alicyclic amines) is 2. The van der Waals surface area contributed by atoms with Crippen molar-refractivity contribution in [3.63, 3.8) is 0 Å². The van der Waals surface area contributed by atoms with Gasteiger partial charge in [-0.2, -0.15) is 5.10 Å². The van der Waals surface area contributed by atoms with E-state index in [9.17, 15) is 0 Å². The van der Waals surface area contributed by atoms with Crippen LogP contribution in [0.25, 0.3) is 0 Å². The molecule has 0 bridgehead atoms. The molecule has 6 nitrogen and oxygen atoms in total. The lowest BCUT2D eigenvalue weighted by atomic mass is 9.93. The molecular weight excluding hydrogens is 360 g/mol. The Morgan fingerprint density at radius 1 is 0.931 bits per heavy atom. The molecule has 0 N–H and O–H groups in total. The van der Waals surface area contributed by atoms with Crippen LogP contribution in [-0.2, 0) is 20.1 Å². The van der Waals surface area contributed by atoms with Gasteiger partial charge in [-0.25, -0.2) is 0 Å². The highest BCUT2D eigenvalue weighted by molar-refractivity contribution is 5.10. The second-order valence-electron chi connectivity index (χ2n) is 9.06. The Bertz CT molecular complexity index is 729. The SMILES string of the molecule is CN1CCC(N2CCC(CN(Cc3ccncc3)Cc3cnn(C)c3)CC2)CC1. The Morgan fingerprint density at radius 3 is 2.28 bits per heavy atom. The lowest BCUT2D eigenvalue weighted by Gasteiger charge is -2.42. The number of hydrogen-bond acceptors (Lipinski definition) is 5. The summed E-state index contributed by atoms with van der Waals surface area (Å²) in [4.78, 5) is 12.0. The summed E-state index contributed by atoms with van der Waals surface area (Å²) < 4.78 is 1.90. The summed E-state index contributed by atoms with van der Waals surface area (Å²) in [5.74, 6) is 0.788. The van der Waals surface area contributed by atoms with Gasteiger partial charge in [0.1, 0.15) is 0 Å². The third-order valence-corrected chi connectivity index (χ3v) is 6.69. The van der Waals surface area contributed by atoms with Gasteiger partial charge in [-0.05, 0) is 82.5 Å². The lowest BCUT2D eigenvalue weighted by molar-refractivity contribution is 0.0728. The first-order valence-electron chi connectivity index (χ1n) is 11.2. The average Bonchev–Trinajstić information content (AvgIpc) is 3.14. The second kappa shape index (κ2) is 9.83. The number of piperidine rings is 2. The van der Waals surface area contributed by atoms with Crippen LogP contribution in [0.4, 0.5) is 0 Å². The number of pyridine rings is 1. The van der Waals surface area contributed by atoms with E-state index in [0.29, 0.717) is 0 Å². The number of aryl methyl sites for hydroxylation is 1. The molecule has 29 heavy (non-hydrogen) atoms. The van der Waals surface area contributed by atoms with Crippen molar-refractivity contribution in [2.45, 2.75) is 44.8 Å². The molecule has 2 aliphatic rings. The standard InChI is InChI=1S/C23H36N6/c1-26-11-7-23(8-12-26)29-13-5-21(6-14-29)18-28(17-20-3-9-24-10-4-20)19-22-15-25-27(2)16-22/h3-4,9-10,15-16,21,23H,5-8,11-14,17-19H2,1-2H3. The van der Waals surface area contributed by atoms with E-state index in [1.165, 1.54) is 69.5 Å². The summed E-state index contributed by atoms with van der Waals surface area (Å²) in [6.45, 7) is 8.17. The molecule has 2 saturated heterocycles. The van der Waals surface area contributed by atoms with Crippen molar-refractivity contribution in [3.05, 3.63) is 48.0 Å². The van der Waals surface area contributed by atoms with Gasteiger partial charge < -0.3 is 9.80 Å². The molecule has 6 heteroatoms. The highest BCUT2D eigenvalue weighted by atomic mass is 15.2. The Hall–Kier alpha value is -1.76. The van der Waals surface area contributed by atoms with Gasteiger partial charge >= 0.3 is 0 Å². The van der Waals surface area contributed by atoms with Crippen LogP contribution in [0, 0.1) is 5.92 Å². The molecule has 2 fully saturated rings. The number of nitrogens with zero attached hydrogens (tertiary/aromatic N) is 6. The van der Waals surface area contributed by atoms with Crippen LogP contribution in [0.5, 0.6) is 0 Å². The summed E-state index contributed by atoms with van der Waals surface area (Å²) in [7, 11) is 4.25. The first-order chi connectivity index (χ1) is 14.2. The van der Waals surface area contributed by atoms with Crippen molar-refractivity contribution in [3.8, 4) is 0 Å². The largest absolute Gasteiger partial charge is 0.306 e. The van der Waals surface area contributed by atoms with Crippen LogP contribution in [0.1, 0.15) is 36.8 Å². The third kappa shape index (κ3) is 5.87. The second-order valence-corrected chi connectivity index (χ2v) is 9.06. The molecule has 0 radical (unpaired) electrons. The zero-order valence-corrected chi connectivity index (χ0v) is 18.1. The molecule has 2 aromatic heterocycles. The van der Waals surface area contributed by atoms with Gasteiger partial charge in [0.2, 0.25) is 0 Å². The molecule has 2 aliphatic heterocycles. The van der Waals surface area contributed by atoms with Crippen molar-refractivity contribution in [2.75, 3.05) is 39.8 Å². The smallest absolute Gasteiger partial charge is 0.0534 e. The van der Waals surface area contributed by atoms with Crippen LogP contribution in [0.3, 0.4) is 0 Å². The van der Waals surface area contributed by atoms with Gasteiger partial charge in [0.15, 0.2) is 0 Å². The Kier molecular flexibility index (Phi) is 6.95. The highest BCUT2D eigenvalue weighted by Crippen LogP contribution is 2.25. The van der Waals surface area contributed by atoms with E-state index in [2.05, 4.69) is 50.2 Å². The summed E-state index contributed by atoms with van der Waals surface area (Å²) in [6, 6.07) is 5.09. The molecule has 0 aliphatic carbocycles. The molecule has 0 spiro atoms. The normalized spacial score (nSPS) is 20.5. The zero-order chi connectivity index (χ0) is 20.1. The van der Waals surface area contributed by atoms with Crippen LogP contribution in [0.15, 0.2) is 36.9 Å².